The second-order valence-corrected chi connectivity index (χ2v) is 4.67. The number of amides is 1. The number of pyridine rings is 1. The fourth-order valence-electron chi connectivity index (χ4n) is 1.87. The Hall–Kier alpha value is -2.21. The Bertz CT molecular complexity index is 552. The van der Waals surface area contributed by atoms with Crippen molar-refractivity contribution in [2.75, 3.05) is 13.6 Å². The lowest BCUT2D eigenvalue weighted by Gasteiger charge is -2.12. The zero-order chi connectivity index (χ0) is 14.4. The van der Waals surface area contributed by atoms with Crippen LogP contribution in [0.4, 0.5) is 0 Å². The summed E-state index contributed by atoms with van der Waals surface area (Å²) in [5.41, 5.74) is 1.01. The van der Waals surface area contributed by atoms with Gasteiger partial charge in [-0.15, -0.1) is 0 Å². The van der Waals surface area contributed by atoms with Crippen molar-refractivity contribution < 1.29 is 4.79 Å². The molecule has 0 aliphatic heterocycles. The number of rotatable bonds is 6. The molecule has 0 bridgehead atoms. The Kier molecular flexibility index (Phi) is 4.84. The topological polar surface area (TPSA) is 71.8 Å². The summed E-state index contributed by atoms with van der Waals surface area (Å²) in [7, 11) is 1.84. The highest BCUT2D eigenvalue weighted by Gasteiger charge is 2.11. The lowest BCUT2D eigenvalue weighted by atomic mass is 10.1. The van der Waals surface area contributed by atoms with Crippen molar-refractivity contribution in [3.63, 3.8) is 0 Å². The highest BCUT2D eigenvalue weighted by molar-refractivity contribution is 5.78. The number of imidazole rings is 1. The number of carbonyl (C=O) groups excluding carboxylic acids is 1. The van der Waals surface area contributed by atoms with Gasteiger partial charge in [0.25, 0.3) is 0 Å². The van der Waals surface area contributed by atoms with Crippen molar-refractivity contribution >= 4 is 5.91 Å². The number of hydrogen-bond acceptors (Lipinski definition) is 4. The molecule has 0 saturated heterocycles. The van der Waals surface area contributed by atoms with Crippen LogP contribution in [0.5, 0.6) is 0 Å². The molecule has 1 atom stereocenters. The van der Waals surface area contributed by atoms with E-state index in [0.29, 0.717) is 13.1 Å². The summed E-state index contributed by atoms with van der Waals surface area (Å²) in [5, 5.41) is 5.92. The molecular weight excluding hydrogens is 254 g/mol. The molecule has 0 aliphatic rings. The van der Waals surface area contributed by atoms with Gasteiger partial charge < -0.3 is 10.6 Å². The molecule has 0 fully saturated rings. The Labute approximate surface area is 118 Å². The quantitative estimate of drug-likeness (QED) is 0.814. The average Bonchev–Trinajstić information content (AvgIpc) is 2.99. The first-order valence-corrected chi connectivity index (χ1v) is 6.56. The van der Waals surface area contributed by atoms with Gasteiger partial charge in [-0.25, -0.2) is 9.97 Å². The van der Waals surface area contributed by atoms with Gasteiger partial charge in [-0.05, 0) is 24.7 Å². The first kappa shape index (κ1) is 14.2. The fraction of sp³-hybridized carbons (Fsp3) is 0.357. The molecule has 106 valence electrons. The number of aromatic nitrogens is 3. The Morgan fingerprint density at radius 3 is 3.00 bits per heavy atom. The van der Waals surface area contributed by atoms with E-state index < -0.39 is 0 Å². The van der Waals surface area contributed by atoms with Crippen LogP contribution in [0, 0.1) is 5.92 Å². The average molecular weight is 273 g/mol. The molecule has 2 rings (SSSR count). The molecule has 2 aromatic heterocycles. The highest BCUT2D eigenvalue weighted by Crippen LogP contribution is 2.07. The van der Waals surface area contributed by atoms with Gasteiger partial charge in [0, 0.05) is 37.6 Å². The third-order valence-corrected chi connectivity index (χ3v) is 3.00. The second kappa shape index (κ2) is 6.81. The smallest absolute Gasteiger partial charge is 0.224 e. The third kappa shape index (κ3) is 3.64. The summed E-state index contributed by atoms with van der Waals surface area (Å²) in [5.74, 6) is 0.785. The molecule has 6 heteroatoms. The minimum atomic E-state index is -0.0463. The molecule has 0 radical (unpaired) electrons. The highest BCUT2D eigenvalue weighted by atomic mass is 16.1. The minimum Gasteiger partial charge on any atom is -0.352 e. The van der Waals surface area contributed by atoms with Gasteiger partial charge >= 0.3 is 0 Å². The van der Waals surface area contributed by atoms with E-state index in [4.69, 9.17) is 0 Å². The maximum Gasteiger partial charge on any atom is 0.224 e. The van der Waals surface area contributed by atoms with Gasteiger partial charge in [0.05, 0.1) is 0 Å². The summed E-state index contributed by atoms with van der Waals surface area (Å²) in [6.45, 7) is 3.06. The van der Waals surface area contributed by atoms with E-state index in [-0.39, 0.29) is 11.8 Å². The van der Waals surface area contributed by atoms with Gasteiger partial charge in [-0.1, -0.05) is 6.92 Å². The predicted molar refractivity (Wildman–Crippen MR) is 76.3 cm³/mol. The lowest BCUT2D eigenvalue weighted by molar-refractivity contribution is -0.124. The van der Waals surface area contributed by atoms with E-state index in [1.165, 1.54) is 0 Å². The molecule has 0 saturated carbocycles. The molecule has 2 heterocycles. The zero-order valence-corrected chi connectivity index (χ0v) is 11.7. The summed E-state index contributed by atoms with van der Waals surface area (Å²) in [6, 6.07) is 3.83. The fourth-order valence-corrected chi connectivity index (χ4v) is 1.87. The molecule has 6 nitrogen and oxygen atoms in total. The maximum absolute atomic E-state index is 11.8. The van der Waals surface area contributed by atoms with E-state index in [1.807, 2.05) is 36.9 Å². The largest absolute Gasteiger partial charge is 0.352 e. The summed E-state index contributed by atoms with van der Waals surface area (Å²) in [4.78, 5) is 20.1. The molecule has 1 amide bonds. The summed E-state index contributed by atoms with van der Waals surface area (Å²) in [6.07, 6.45) is 6.96. The standard InChI is InChI=1S/C14H19N5O/c1-11(8-15-2)14(20)18-9-12-3-4-17-13(7-12)19-6-5-16-10-19/h3-7,10-11,15H,8-9H2,1-2H3,(H,18,20). The maximum atomic E-state index is 11.8. The van der Waals surface area contributed by atoms with Crippen LogP contribution in [-0.4, -0.2) is 34.0 Å². The van der Waals surface area contributed by atoms with Gasteiger partial charge in [-0.3, -0.25) is 9.36 Å². The van der Waals surface area contributed by atoms with Crippen LogP contribution in [0.1, 0.15) is 12.5 Å². The van der Waals surface area contributed by atoms with Gasteiger partial charge in [-0.2, -0.15) is 0 Å². The number of nitrogens with one attached hydrogen (secondary N) is 2. The van der Waals surface area contributed by atoms with E-state index in [9.17, 15) is 4.79 Å². The number of nitrogens with zero attached hydrogens (tertiary/aromatic N) is 3. The normalized spacial score (nSPS) is 12.1. The van der Waals surface area contributed by atoms with Crippen LogP contribution >= 0.6 is 0 Å². The van der Waals surface area contributed by atoms with Gasteiger partial charge in [0.2, 0.25) is 5.91 Å². The molecule has 2 aromatic rings. The first-order valence-electron chi connectivity index (χ1n) is 6.56. The van der Waals surface area contributed by atoms with Crippen LogP contribution in [0.2, 0.25) is 0 Å². The van der Waals surface area contributed by atoms with Crippen LogP contribution in [0.25, 0.3) is 5.82 Å². The van der Waals surface area contributed by atoms with Gasteiger partial charge in [0.1, 0.15) is 12.1 Å². The minimum absolute atomic E-state index is 0.0420. The summed E-state index contributed by atoms with van der Waals surface area (Å²) < 4.78 is 1.83. The lowest BCUT2D eigenvalue weighted by Crippen LogP contribution is -2.33. The molecule has 0 spiro atoms. The van der Waals surface area contributed by atoms with Crippen molar-refractivity contribution in [2.24, 2.45) is 5.92 Å². The van der Waals surface area contributed by atoms with E-state index in [2.05, 4.69) is 20.6 Å². The van der Waals surface area contributed by atoms with Crippen molar-refractivity contribution in [2.45, 2.75) is 13.5 Å². The molecular formula is C14H19N5O. The molecule has 20 heavy (non-hydrogen) atoms. The van der Waals surface area contributed by atoms with Crippen LogP contribution in [-0.2, 0) is 11.3 Å². The zero-order valence-electron chi connectivity index (χ0n) is 11.7. The predicted octanol–water partition coefficient (Wildman–Crippen LogP) is 0.739. The Balaban J connectivity index is 1.97. The van der Waals surface area contributed by atoms with Gasteiger partial charge in [0.15, 0.2) is 0 Å². The van der Waals surface area contributed by atoms with Crippen molar-refractivity contribution in [3.8, 4) is 5.82 Å². The molecule has 1 unspecified atom stereocenters. The first-order chi connectivity index (χ1) is 9.70. The van der Waals surface area contributed by atoms with E-state index >= 15 is 0 Å². The van der Waals surface area contributed by atoms with Crippen molar-refractivity contribution in [1.29, 1.82) is 0 Å². The Morgan fingerprint density at radius 2 is 2.30 bits per heavy atom. The number of hydrogen-bond donors (Lipinski definition) is 2. The summed E-state index contributed by atoms with van der Waals surface area (Å²) >= 11 is 0. The number of carbonyl (C=O) groups is 1. The Morgan fingerprint density at radius 1 is 1.45 bits per heavy atom. The third-order valence-electron chi connectivity index (χ3n) is 3.00. The van der Waals surface area contributed by atoms with Crippen LogP contribution < -0.4 is 10.6 Å². The van der Waals surface area contributed by atoms with Crippen molar-refractivity contribution in [1.82, 2.24) is 25.2 Å². The molecule has 2 N–H and O–H groups in total. The molecule has 0 aromatic carbocycles. The van der Waals surface area contributed by atoms with Crippen LogP contribution in [0.15, 0.2) is 37.1 Å². The second-order valence-electron chi connectivity index (χ2n) is 4.67. The van der Waals surface area contributed by atoms with Crippen molar-refractivity contribution in [3.05, 3.63) is 42.6 Å². The SMILES string of the molecule is CNCC(C)C(=O)NCc1ccnc(-n2ccnc2)c1. The van der Waals surface area contributed by atoms with E-state index in [1.54, 1.807) is 18.7 Å². The van der Waals surface area contributed by atoms with Crippen LogP contribution in [0.3, 0.4) is 0 Å². The monoisotopic (exact) mass is 273 g/mol. The van der Waals surface area contributed by atoms with E-state index in [0.717, 1.165) is 11.4 Å². The molecule has 0 aliphatic carbocycles.